The fraction of sp³-hybridized carbons (Fsp3) is 0.467. The Morgan fingerprint density at radius 3 is 2.33 bits per heavy atom. The maximum atomic E-state index is 5.39. The number of hydrogen-bond donors (Lipinski definition) is 0. The van der Waals surface area contributed by atoms with E-state index in [9.17, 15) is 0 Å². The highest BCUT2D eigenvalue weighted by Gasteiger charge is 2.06. The summed E-state index contributed by atoms with van der Waals surface area (Å²) >= 11 is 0. The summed E-state index contributed by atoms with van der Waals surface area (Å²) in [5.41, 5.74) is 7.22. The Morgan fingerprint density at radius 1 is 1.07 bits per heavy atom. The van der Waals surface area contributed by atoms with Crippen LogP contribution in [0.1, 0.15) is 40.7 Å². The molecule has 0 spiro atoms. The summed E-state index contributed by atoms with van der Waals surface area (Å²) in [5, 5.41) is 0. The van der Waals surface area contributed by atoms with Crippen LogP contribution in [0.3, 0.4) is 0 Å². The molecule has 0 aliphatic rings. The lowest BCUT2D eigenvalue weighted by Crippen LogP contribution is -1.98. The van der Waals surface area contributed by atoms with Gasteiger partial charge in [0.2, 0.25) is 0 Å². The first-order chi connectivity index (χ1) is 7.07. The minimum Gasteiger partial charge on any atom is -0.0845 e. The third kappa shape index (κ3) is 2.71. The molecule has 1 rings (SSSR count). The molecule has 81 valence electrons. The lowest BCUT2D eigenvalue weighted by molar-refractivity contribution is 0.834. The zero-order chi connectivity index (χ0) is 11.4. The summed E-state index contributed by atoms with van der Waals surface area (Å²) in [6.07, 6.45) is 5.05. The van der Waals surface area contributed by atoms with E-state index in [0.29, 0.717) is 0 Å². The molecule has 0 nitrogen and oxygen atoms in total. The van der Waals surface area contributed by atoms with E-state index >= 15 is 0 Å². The Labute approximate surface area is 94.0 Å². The van der Waals surface area contributed by atoms with Gasteiger partial charge in [0.1, 0.15) is 0 Å². The molecular weight excluding hydrogens is 180 g/mol. The van der Waals surface area contributed by atoms with E-state index in [0.717, 1.165) is 19.3 Å². The van der Waals surface area contributed by atoms with Crippen molar-refractivity contribution in [3.8, 4) is 0 Å². The lowest BCUT2D eigenvalue weighted by Gasteiger charge is -2.13. The first-order valence-corrected chi connectivity index (χ1v) is 5.67. The average molecular weight is 201 g/mol. The molecule has 1 aromatic rings. The molecule has 1 radical (unpaired) electrons. The predicted octanol–water partition coefficient (Wildman–Crippen LogP) is 4.23. The minimum absolute atomic E-state index is 1.01. The highest BCUT2D eigenvalue weighted by atomic mass is 14.1. The molecule has 0 aliphatic heterocycles. The standard InChI is InChI=1S/C15H21/c1-6-7-8-9-15-10-11(2)12(3)13(4)14(15)5/h1,6,10H,7-9H2,2-5H3. The monoisotopic (exact) mass is 201 g/mol. The van der Waals surface area contributed by atoms with Crippen LogP contribution in [0.25, 0.3) is 0 Å². The molecule has 1 aromatic carbocycles. The van der Waals surface area contributed by atoms with E-state index in [1.165, 1.54) is 27.8 Å². The number of hydrogen-bond acceptors (Lipinski definition) is 0. The molecular formula is C15H21. The third-order valence-electron chi connectivity index (χ3n) is 3.41. The normalized spacial score (nSPS) is 10.4. The van der Waals surface area contributed by atoms with Gasteiger partial charge in [-0.15, -0.1) is 0 Å². The summed E-state index contributed by atoms with van der Waals surface area (Å²) in [6, 6.07) is 2.33. The largest absolute Gasteiger partial charge is 0.0845 e. The van der Waals surface area contributed by atoms with Gasteiger partial charge >= 0.3 is 0 Å². The van der Waals surface area contributed by atoms with Crippen molar-refractivity contribution in [2.24, 2.45) is 0 Å². The second-order valence-electron chi connectivity index (χ2n) is 4.36. The van der Waals surface area contributed by atoms with Crippen molar-refractivity contribution in [2.45, 2.75) is 47.0 Å². The Hall–Kier alpha value is -1.04. The van der Waals surface area contributed by atoms with Crippen molar-refractivity contribution < 1.29 is 0 Å². The number of aryl methyl sites for hydroxylation is 2. The number of allylic oxidation sites excluding steroid dienone is 1. The van der Waals surface area contributed by atoms with E-state index in [1.807, 2.05) is 0 Å². The van der Waals surface area contributed by atoms with Crippen LogP contribution >= 0.6 is 0 Å². The van der Waals surface area contributed by atoms with Gasteiger partial charge in [-0.2, -0.15) is 0 Å². The van der Waals surface area contributed by atoms with Gasteiger partial charge < -0.3 is 0 Å². The van der Waals surface area contributed by atoms with Crippen LogP contribution in [0.15, 0.2) is 12.1 Å². The van der Waals surface area contributed by atoms with Crippen molar-refractivity contribution in [2.75, 3.05) is 0 Å². The second-order valence-corrected chi connectivity index (χ2v) is 4.36. The zero-order valence-corrected chi connectivity index (χ0v) is 10.4. The van der Waals surface area contributed by atoms with Gasteiger partial charge in [0, 0.05) is 0 Å². The van der Waals surface area contributed by atoms with Gasteiger partial charge in [-0.3, -0.25) is 0 Å². The summed E-state index contributed by atoms with van der Waals surface area (Å²) in [6.45, 7) is 14.2. The van der Waals surface area contributed by atoms with Gasteiger partial charge in [-0.1, -0.05) is 18.7 Å². The van der Waals surface area contributed by atoms with Crippen molar-refractivity contribution >= 4 is 0 Å². The molecule has 0 fully saturated rings. The highest BCUT2D eigenvalue weighted by Crippen LogP contribution is 2.22. The quantitative estimate of drug-likeness (QED) is 0.639. The third-order valence-corrected chi connectivity index (χ3v) is 3.41. The molecule has 0 amide bonds. The molecule has 0 heterocycles. The van der Waals surface area contributed by atoms with E-state index in [2.05, 4.69) is 33.8 Å². The molecule has 0 atom stereocenters. The average Bonchev–Trinajstić information content (AvgIpc) is 2.23. The zero-order valence-electron chi connectivity index (χ0n) is 10.4. The number of rotatable bonds is 4. The molecule has 0 aromatic heterocycles. The van der Waals surface area contributed by atoms with E-state index in [4.69, 9.17) is 6.58 Å². The molecule has 0 unspecified atom stereocenters. The highest BCUT2D eigenvalue weighted by molar-refractivity contribution is 5.43. The van der Waals surface area contributed by atoms with Crippen LogP contribution in [-0.2, 0) is 6.42 Å². The molecule has 0 heteroatoms. The van der Waals surface area contributed by atoms with Crippen LogP contribution in [-0.4, -0.2) is 0 Å². The fourth-order valence-corrected chi connectivity index (χ4v) is 1.97. The van der Waals surface area contributed by atoms with Crippen LogP contribution in [0, 0.1) is 34.3 Å². The summed E-state index contributed by atoms with van der Waals surface area (Å²) in [4.78, 5) is 0. The molecule has 0 saturated heterocycles. The lowest BCUT2D eigenvalue weighted by atomic mass is 9.92. The Bertz CT molecular complexity index is 359. The van der Waals surface area contributed by atoms with Crippen LogP contribution in [0.2, 0.25) is 0 Å². The molecule has 0 aliphatic carbocycles. The van der Waals surface area contributed by atoms with E-state index in [-0.39, 0.29) is 0 Å². The summed E-state index contributed by atoms with van der Waals surface area (Å²) in [7, 11) is 0. The summed E-state index contributed by atoms with van der Waals surface area (Å²) < 4.78 is 0. The Morgan fingerprint density at radius 2 is 1.73 bits per heavy atom. The van der Waals surface area contributed by atoms with E-state index < -0.39 is 0 Å². The van der Waals surface area contributed by atoms with Gasteiger partial charge in [-0.25, -0.2) is 0 Å². The van der Waals surface area contributed by atoms with Crippen LogP contribution in [0.5, 0.6) is 0 Å². The maximum Gasteiger partial charge on any atom is -0.0273 e. The molecule has 0 bridgehead atoms. The van der Waals surface area contributed by atoms with Crippen molar-refractivity contribution in [1.82, 2.24) is 0 Å². The fourth-order valence-electron chi connectivity index (χ4n) is 1.97. The Balaban J connectivity index is 2.93. The van der Waals surface area contributed by atoms with Gasteiger partial charge in [0.05, 0.1) is 0 Å². The van der Waals surface area contributed by atoms with Crippen molar-refractivity contribution in [1.29, 1.82) is 0 Å². The van der Waals surface area contributed by atoms with Crippen LogP contribution in [0.4, 0.5) is 0 Å². The van der Waals surface area contributed by atoms with Crippen molar-refractivity contribution in [3.05, 3.63) is 46.5 Å². The smallest absolute Gasteiger partial charge is 0.0273 e. The number of unbranched alkanes of at least 4 members (excludes halogenated alkanes) is 1. The first-order valence-electron chi connectivity index (χ1n) is 5.67. The maximum absolute atomic E-state index is 5.39. The van der Waals surface area contributed by atoms with Crippen molar-refractivity contribution in [3.63, 3.8) is 0 Å². The van der Waals surface area contributed by atoms with E-state index in [1.54, 1.807) is 6.08 Å². The molecule has 0 N–H and O–H groups in total. The number of benzene rings is 1. The van der Waals surface area contributed by atoms with Gasteiger partial charge in [0.15, 0.2) is 0 Å². The van der Waals surface area contributed by atoms with Gasteiger partial charge in [-0.05, 0) is 74.8 Å². The summed E-state index contributed by atoms with van der Waals surface area (Å²) in [5.74, 6) is 0. The first kappa shape index (κ1) is 12.0. The minimum atomic E-state index is 1.01. The van der Waals surface area contributed by atoms with Crippen LogP contribution < -0.4 is 0 Å². The molecule has 15 heavy (non-hydrogen) atoms. The topological polar surface area (TPSA) is 0 Å². The Kier molecular flexibility index (Phi) is 4.14. The SMILES string of the molecule is [CH]=CCCCc1cc(C)c(C)c(C)c1C. The van der Waals surface area contributed by atoms with Gasteiger partial charge in [0.25, 0.3) is 0 Å². The molecule has 0 saturated carbocycles. The second kappa shape index (κ2) is 5.16. The predicted molar refractivity (Wildman–Crippen MR) is 67.2 cm³/mol.